The number of nitrogens with one attached hydrogen (secondary N) is 1. The van der Waals surface area contributed by atoms with Gasteiger partial charge in [-0.25, -0.2) is 0 Å². The van der Waals surface area contributed by atoms with Crippen molar-refractivity contribution in [3.63, 3.8) is 0 Å². The number of β-amino-alcohol motifs (C(OH)–C–C–N with tert-alkyl or cyclic N) is 1. The Bertz CT molecular complexity index is 389. The number of nitrogens with zero attached hydrogens (tertiary/aromatic N) is 2. The molecule has 1 atom stereocenters. The number of piperidine rings is 1. The molecule has 1 aromatic heterocycles. The molecular formula is C11H16F3N3O. The van der Waals surface area contributed by atoms with Crippen molar-refractivity contribution in [2.75, 3.05) is 19.7 Å². The van der Waals surface area contributed by atoms with E-state index in [1.165, 1.54) is 0 Å². The van der Waals surface area contributed by atoms with Gasteiger partial charge in [0.1, 0.15) is 0 Å². The Hall–Kier alpha value is -1.08. The van der Waals surface area contributed by atoms with Crippen molar-refractivity contribution < 1.29 is 18.3 Å². The van der Waals surface area contributed by atoms with Gasteiger partial charge in [-0.15, -0.1) is 0 Å². The lowest BCUT2D eigenvalue weighted by Crippen LogP contribution is -2.35. The second kappa shape index (κ2) is 5.27. The van der Waals surface area contributed by atoms with Crippen molar-refractivity contribution in [3.8, 4) is 0 Å². The van der Waals surface area contributed by atoms with Gasteiger partial charge in [0, 0.05) is 6.54 Å². The van der Waals surface area contributed by atoms with Gasteiger partial charge in [0.05, 0.1) is 18.3 Å². The van der Waals surface area contributed by atoms with Crippen molar-refractivity contribution in [2.45, 2.75) is 31.5 Å². The van der Waals surface area contributed by atoms with Gasteiger partial charge in [0.25, 0.3) is 0 Å². The third-order valence-electron chi connectivity index (χ3n) is 3.25. The molecule has 102 valence electrons. The Morgan fingerprint density at radius 3 is 2.83 bits per heavy atom. The molecule has 0 aromatic carbocycles. The van der Waals surface area contributed by atoms with Gasteiger partial charge in [0.15, 0.2) is 5.69 Å². The lowest BCUT2D eigenvalue weighted by atomic mass is 9.99. The number of halogens is 3. The molecule has 1 unspecified atom stereocenters. The summed E-state index contributed by atoms with van der Waals surface area (Å²) < 4.78 is 37.4. The molecule has 0 aliphatic carbocycles. The predicted octanol–water partition coefficient (Wildman–Crippen LogP) is 1.95. The first-order valence-corrected chi connectivity index (χ1v) is 6.00. The minimum absolute atomic E-state index is 0.0107. The van der Waals surface area contributed by atoms with E-state index in [0.717, 1.165) is 31.9 Å². The van der Waals surface area contributed by atoms with E-state index in [1.54, 1.807) is 0 Å². The highest BCUT2D eigenvalue weighted by Crippen LogP contribution is 2.33. The maximum Gasteiger partial charge on any atom is 0.435 e. The number of aromatic nitrogens is 2. The summed E-state index contributed by atoms with van der Waals surface area (Å²) in [6.45, 7) is 1.29. The second-order valence-electron chi connectivity index (χ2n) is 4.48. The van der Waals surface area contributed by atoms with Gasteiger partial charge >= 0.3 is 6.18 Å². The molecule has 2 N–H and O–H groups in total. The van der Waals surface area contributed by atoms with Crippen LogP contribution in [0.3, 0.4) is 0 Å². The first kappa shape index (κ1) is 13.4. The largest absolute Gasteiger partial charge is 0.435 e. The highest BCUT2D eigenvalue weighted by atomic mass is 19.4. The quantitative estimate of drug-likeness (QED) is 0.876. The number of likely N-dealkylation sites (tertiary alicyclic amines) is 1. The van der Waals surface area contributed by atoms with Gasteiger partial charge in [-0.2, -0.15) is 18.3 Å². The van der Waals surface area contributed by atoms with Gasteiger partial charge in [-0.3, -0.25) is 10.00 Å². The Labute approximate surface area is 103 Å². The third kappa shape index (κ3) is 2.84. The maximum absolute atomic E-state index is 12.5. The smallest absolute Gasteiger partial charge is 0.395 e. The number of aliphatic hydroxyl groups excluding tert-OH is 1. The molecule has 1 aromatic rings. The lowest BCUT2D eigenvalue weighted by molar-refractivity contribution is -0.141. The standard InChI is InChI=1S/C11H16F3N3O/c12-11(13,14)10-7-8(15-16-10)9-3-1-2-4-17(9)5-6-18/h7,9,18H,1-6H2,(H,15,16). The van der Waals surface area contributed by atoms with E-state index in [2.05, 4.69) is 10.2 Å². The predicted molar refractivity (Wildman–Crippen MR) is 58.8 cm³/mol. The molecule has 2 rings (SSSR count). The van der Waals surface area contributed by atoms with Crippen LogP contribution in [-0.2, 0) is 6.18 Å². The first-order chi connectivity index (χ1) is 8.52. The van der Waals surface area contributed by atoms with Gasteiger partial charge in [-0.1, -0.05) is 6.42 Å². The van der Waals surface area contributed by atoms with E-state index in [9.17, 15) is 13.2 Å². The molecule has 1 aliphatic heterocycles. The third-order valence-corrected chi connectivity index (χ3v) is 3.25. The Morgan fingerprint density at radius 1 is 1.44 bits per heavy atom. The zero-order chi connectivity index (χ0) is 13.2. The number of aliphatic hydroxyl groups is 1. The Morgan fingerprint density at radius 2 is 2.22 bits per heavy atom. The Kier molecular flexibility index (Phi) is 3.91. The van der Waals surface area contributed by atoms with Crippen LogP contribution in [0.5, 0.6) is 0 Å². The average Bonchev–Trinajstić information content (AvgIpc) is 2.79. The fourth-order valence-electron chi connectivity index (χ4n) is 2.39. The van der Waals surface area contributed by atoms with Crippen molar-refractivity contribution in [2.24, 2.45) is 0 Å². The molecule has 1 aliphatic rings. The number of H-pyrrole nitrogens is 1. The fraction of sp³-hybridized carbons (Fsp3) is 0.727. The van der Waals surface area contributed by atoms with E-state index in [4.69, 9.17) is 5.11 Å². The molecule has 0 saturated carbocycles. The van der Waals surface area contributed by atoms with Gasteiger partial charge in [0.2, 0.25) is 0 Å². The van der Waals surface area contributed by atoms with Crippen LogP contribution in [0.4, 0.5) is 13.2 Å². The summed E-state index contributed by atoms with van der Waals surface area (Å²) in [7, 11) is 0. The van der Waals surface area contributed by atoms with Crippen LogP contribution in [-0.4, -0.2) is 39.9 Å². The highest BCUT2D eigenvalue weighted by molar-refractivity contribution is 5.15. The summed E-state index contributed by atoms with van der Waals surface area (Å²) in [4.78, 5) is 2.00. The maximum atomic E-state index is 12.5. The van der Waals surface area contributed by atoms with Crippen LogP contribution in [0.25, 0.3) is 0 Å². The molecular weight excluding hydrogens is 247 g/mol. The second-order valence-corrected chi connectivity index (χ2v) is 4.48. The number of alkyl halides is 3. The molecule has 0 amide bonds. The van der Waals surface area contributed by atoms with Crippen LogP contribution < -0.4 is 0 Å². The SMILES string of the molecule is OCCN1CCCCC1c1cc(C(F)(F)F)n[nH]1. The van der Waals surface area contributed by atoms with Crippen molar-refractivity contribution in [1.82, 2.24) is 15.1 Å². The molecule has 2 heterocycles. The summed E-state index contributed by atoms with van der Waals surface area (Å²) in [6.07, 6.45) is -1.63. The number of rotatable bonds is 3. The van der Waals surface area contributed by atoms with Crippen LogP contribution >= 0.6 is 0 Å². The molecule has 0 bridgehead atoms. The molecule has 4 nitrogen and oxygen atoms in total. The minimum atomic E-state index is -4.41. The van der Waals surface area contributed by atoms with Crippen LogP contribution in [0.1, 0.15) is 36.7 Å². The Balaban J connectivity index is 2.15. The van der Waals surface area contributed by atoms with Gasteiger partial charge < -0.3 is 5.11 Å². The number of hydrogen-bond acceptors (Lipinski definition) is 3. The minimum Gasteiger partial charge on any atom is -0.395 e. The average molecular weight is 263 g/mol. The zero-order valence-electron chi connectivity index (χ0n) is 9.87. The molecule has 0 radical (unpaired) electrons. The lowest BCUT2D eigenvalue weighted by Gasteiger charge is -2.34. The number of aromatic amines is 1. The van der Waals surface area contributed by atoms with Gasteiger partial charge in [-0.05, 0) is 25.5 Å². The fourth-order valence-corrected chi connectivity index (χ4v) is 2.39. The normalized spacial score (nSPS) is 22.3. The molecule has 7 heteroatoms. The van der Waals surface area contributed by atoms with E-state index in [0.29, 0.717) is 12.2 Å². The van der Waals surface area contributed by atoms with Crippen LogP contribution in [0.15, 0.2) is 6.07 Å². The molecule has 0 spiro atoms. The van der Waals surface area contributed by atoms with E-state index in [1.807, 2.05) is 4.90 Å². The summed E-state index contributed by atoms with van der Waals surface area (Å²) in [6, 6.07) is 0.967. The van der Waals surface area contributed by atoms with Crippen molar-refractivity contribution >= 4 is 0 Å². The first-order valence-electron chi connectivity index (χ1n) is 6.00. The molecule has 1 fully saturated rings. The topological polar surface area (TPSA) is 52.1 Å². The van der Waals surface area contributed by atoms with Crippen LogP contribution in [0, 0.1) is 0 Å². The van der Waals surface area contributed by atoms with E-state index in [-0.39, 0.29) is 12.6 Å². The van der Waals surface area contributed by atoms with E-state index >= 15 is 0 Å². The molecule has 1 saturated heterocycles. The summed E-state index contributed by atoms with van der Waals surface area (Å²) >= 11 is 0. The summed E-state index contributed by atoms with van der Waals surface area (Å²) in [5, 5.41) is 14.8. The summed E-state index contributed by atoms with van der Waals surface area (Å²) in [5.74, 6) is 0. The van der Waals surface area contributed by atoms with Crippen molar-refractivity contribution in [1.29, 1.82) is 0 Å². The summed E-state index contributed by atoms with van der Waals surface area (Å²) in [5.41, 5.74) is -0.400. The van der Waals surface area contributed by atoms with E-state index < -0.39 is 11.9 Å². The molecule has 18 heavy (non-hydrogen) atoms. The number of hydrogen-bond donors (Lipinski definition) is 2. The monoisotopic (exact) mass is 263 g/mol. The highest BCUT2D eigenvalue weighted by Gasteiger charge is 2.35. The van der Waals surface area contributed by atoms with Crippen molar-refractivity contribution in [3.05, 3.63) is 17.5 Å². The zero-order valence-corrected chi connectivity index (χ0v) is 9.87. The van der Waals surface area contributed by atoms with Crippen LogP contribution in [0.2, 0.25) is 0 Å².